The molecule has 1 fully saturated rings. The van der Waals surface area contributed by atoms with Gasteiger partial charge in [-0.3, -0.25) is 0 Å². The molecule has 0 aromatic heterocycles. The van der Waals surface area contributed by atoms with Crippen LogP contribution in [-0.2, 0) is 20.5 Å². The van der Waals surface area contributed by atoms with E-state index in [-0.39, 0.29) is 12.8 Å². The van der Waals surface area contributed by atoms with Gasteiger partial charge in [0.25, 0.3) is 9.84 Å². The standard InChI is InChI=1S/C13H15FN2O4S2/c14-10-6-2-3-7-11(10)22(19,20)12(16-15)13(21(17)18)8-4-1-5-9-13/h2-3,6-7,21H,1,4-5,8-9H2. The Bertz CT molecular complexity index is 797. The van der Waals surface area contributed by atoms with Gasteiger partial charge in [0.1, 0.15) is 10.7 Å². The molecule has 0 amide bonds. The van der Waals surface area contributed by atoms with Gasteiger partial charge in [0.2, 0.25) is 0 Å². The first-order chi connectivity index (χ1) is 10.4. The van der Waals surface area contributed by atoms with Crippen LogP contribution in [-0.4, -0.2) is 31.4 Å². The highest BCUT2D eigenvalue weighted by atomic mass is 32.2. The van der Waals surface area contributed by atoms with E-state index in [2.05, 4.69) is 4.79 Å². The zero-order valence-electron chi connectivity index (χ0n) is 11.6. The minimum absolute atomic E-state index is 0.0405. The van der Waals surface area contributed by atoms with E-state index in [1.807, 2.05) is 0 Å². The third kappa shape index (κ3) is 2.71. The summed E-state index contributed by atoms with van der Waals surface area (Å²) in [5, 5.41) is -0.888. The Labute approximate surface area is 129 Å². The molecule has 0 aliphatic heterocycles. The summed E-state index contributed by atoms with van der Waals surface area (Å²) >= 11 is 0. The Morgan fingerprint density at radius 2 is 1.77 bits per heavy atom. The van der Waals surface area contributed by atoms with Crippen molar-refractivity contribution < 1.29 is 26.0 Å². The van der Waals surface area contributed by atoms with Gasteiger partial charge < -0.3 is 5.53 Å². The highest BCUT2D eigenvalue weighted by Gasteiger charge is 2.54. The molecule has 0 atom stereocenters. The molecule has 1 aromatic carbocycles. The number of hydrogen-bond acceptors (Lipinski definition) is 4. The molecular weight excluding hydrogens is 331 g/mol. The largest absolute Gasteiger partial charge is 0.406 e. The van der Waals surface area contributed by atoms with Crippen molar-refractivity contribution in [2.75, 3.05) is 0 Å². The average Bonchev–Trinajstić information content (AvgIpc) is 2.48. The summed E-state index contributed by atoms with van der Waals surface area (Å²) in [5.74, 6) is -1.02. The maximum absolute atomic E-state index is 13.8. The lowest BCUT2D eigenvalue weighted by atomic mass is 9.89. The highest BCUT2D eigenvalue weighted by Crippen LogP contribution is 2.35. The summed E-state index contributed by atoms with van der Waals surface area (Å²) in [5.41, 5.74) is 9.20. The molecule has 1 aliphatic rings. The summed E-state index contributed by atoms with van der Waals surface area (Å²) in [6.45, 7) is 0. The first kappa shape index (κ1) is 16.8. The van der Waals surface area contributed by atoms with E-state index in [4.69, 9.17) is 0 Å². The van der Waals surface area contributed by atoms with Crippen LogP contribution in [0.2, 0.25) is 0 Å². The van der Waals surface area contributed by atoms with Crippen molar-refractivity contribution >= 4 is 25.6 Å². The molecule has 0 unspecified atom stereocenters. The lowest BCUT2D eigenvalue weighted by molar-refractivity contribution is -0.00742. The van der Waals surface area contributed by atoms with Crippen molar-refractivity contribution in [3.63, 3.8) is 0 Å². The van der Waals surface area contributed by atoms with Gasteiger partial charge in [-0.2, -0.15) is 4.79 Å². The lowest BCUT2D eigenvalue weighted by Gasteiger charge is -2.27. The van der Waals surface area contributed by atoms with Gasteiger partial charge in [-0.1, -0.05) is 31.4 Å². The molecule has 120 valence electrons. The monoisotopic (exact) mass is 346 g/mol. The van der Waals surface area contributed by atoms with Gasteiger partial charge in [-0.05, 0) is 25.0 Å². The normalized spacial score (nSPS) is 17.9. The van der Waals surface area contributed by atoms with E-state index >= 15 is 0 Å². The number of rotatable bonds is 3. The van der Waals surface area contributed by atoms with E-state index in [0.29, 0.717) is 12.8 Å². The van der Waals surface area contributed by atoms with Crippen LogP contribution in [0.1, 0.15) is 32.1 Å². The molecule has 9 heteroatoms. The first-order valence-electron chi connectivity index (χ1n) is 6.73. The summed E-state index contributed by atoms with van der Waals surface area (Å²) in [7, 11) is -7.75. The zero-order valence-corrected chi connectivity index (χ0v) is 13.3. The van der Waals surface area contributed by atoms with Crippen LogP contribution in [0.4, 0.5) is 4.39 Å². The van der Waals surface area contributed by atoms with Gasteiger partial charge in [0.05, 0.1) is 0 Å². The number of thiol groups is 1. The fourth-order valence-electron chi connectivity index (χ4n) is 2.77. The van der Waals surface area contributed by atoms with Crippen LogP contribution in [0.15, 0.2) is 29.2 Å². The van der Waals surface area contributed by atoms with Crippen molar-refractivity contribution in [3.8, 4) is 0 Å². The molecule has 22 heavy (non-hydrogen) atoms. The second-order valence-electron chi connectivity index (χ2n) is 5.19. The number of halogens is 1. The van der Waals surface area contributed by atoms with E-state index in [1.165, 1.54) is 12.1 Å². The molecule has 0 N–H and O–H groups in total. The molecule has 1 aliphatic carbocycles. The van der Waals surface area contributed by atoms with Crippen LogP contribution in [0.3, 0.4) is 0 Å². The number of nitrogens with zero attached hydrogens (tertiary/aromatic N) is 2. The lowest BCUT2D eigenvalue weighted by Crippen LogP contribution is -2.46. The zero-order chi connectivity index (χ0) is 16.4. The molecule has 2 rings (SSSR count). The van der Waals surface area contributed by atoms with Gasteiger partial charge in [0.15, 0.2) is 15.5 Å². The predicted octanol–water partition coefficient (Wildman–Crippen LogP) is 1.54. The second-order valence-corrected chi connectivity index (χ2v) is 8.39. The van der Waals surface area contributed by atoms with Crippen molar-refractivity contribution in [2.45, 2.75) is 41.7 Å². The predicted molar refractivity (Wildman–Crippen MR) is 78.3 cm³/mol. The molecule has 0 radical (unpaired) electrons. The Kier molecular flexibility index (Phi) is 4.79. The first-order valence-corrected chi connectivity index (χ1v) is 9.39. The Hall–Kier alpha value is -1.57. The van der Waals surface area contributed by atoms with E-state index in [9.17, 15) is 26.8 Å². The maximum Gasteiger partial charge on any atom is 0.406 e. The van der Waals surface area contributed by atoms with Gasteiger partial charge in [-0.15, -0.1) is 0 Å². The smallest absolute Gasteiger partial charge is 0.360 e. The molecule has 1 saturated carbocycles. The molecule has 0 bridgehead atoms. The van der Waals surface area contributed by atoms with E-state index < -0.39 is 41.0 Å². The van der Waals surface area contributed by atoms with Gasteiger partial charge in [-0.25, -0.2) is 21.2 Å². The molecule has 0 heterocycles. The van der Waals surface area contributed by atoms with Crippen molar-refractivity contribution in [1.82, 2.24) is 0 Å². The van der Waals surface area contributed by atoms with Crippen molar-refractivity contribution in [3.05, 3.63) is 35.6 Å². The summed E-state index contributed by atoms with van der Waals surface area (Å²) in [6.07, 6.45) is 1.84. The number of sulfone groups is 1. The minimum Gasteiger partial charge on any atom is -0.360 e. The third-order valence-electron chi connectivity index (χ3n) is 3.90. The Morgan fingerprint density at radius 3 is 2.27 bits per heavy atom. The van der Waals surface area contributed by atoms with Crippen LogP contribution in [0.5, 0.6) is 0 Å². The van der Waals surface area contributed by atoms with E-state index in [0.717, 1.165) is 18.6 Å². The van der Waals surface area contributed by atoms with Crippen molar-refractivity contribution in [1.29, 1.82) is 0 Å². The van der Waals surface area contributed by atoms with Crippen LogP contribution >= 0.6 is 0 Å². The third-order valence-corrected chi connectivity index (χ3v) is 7.30. The van der Waals surface area contributed by atoms with Crippen LogP contribution < -0.4 is 0 Å². The van der Waals surface area contributed by atoms with Crippen LogP contribution in [0.25, 0.3) is 5.53 Å². The SMILES string of the molecule is [N-]=[N+]=C(C1([SH](=O)=O)CCCCC1)S(=O)(=O)c1ccccc1F. The van der Waals surface area contributed by atoms with Crippen molar-refractivity contribution in [2.24, 2.45) is 0 Å². The molecular formula is C13H15FN2O4S2. The quantitative estimate of drug-likeness (QED) is 0.295. The Morgan fingerprint density at radius 1 is 1.18 bits per heavy atom. The number of hydrogen-bond donors (Lipinski definition) is 1. The number of benzene rings is 1. The van der Waals surface area contributed by atoms with Gasteiger partial charge >= 0.3 is 5.04 Å². The maximum atomic E-state index is 13.8. The topological polar surface area (TPSA) is 105 Å². The van der Waals surface area contributed by atoms with E-state index in [1.54, 1.807) is 0 Å². The fraction of sp³-hybridized carbons (Fsp3) is 0.462. The fourth-order valence-corrected chi connectivity index (χ4v) is 5.84. The summed E-state index contributed by atoms with van der Waals surface area (Å²) in [6, 6.07) is 4.60. The highest BCUT2D eigenvalue weighted by molar-refractivity contribution is 8.07. The molecule has 0 spiro atoms. The summed E-state index contributed by atoms with van der Waals surface area (Å²) in [4.78, 5) is 2.08. The molecule has 0 saturated heterocycles. The Balaban J connectivity index is 2.66. The second kappa shape index (κ2) is 6.28. The van der Waals surface area contributed by atoms with Gasteiger partial charge in [0, 0.05) is 0 Å². The average molecular weight is 346 g/mol. The summed E-state index contributed by atoms with van der Waals surface area (Å²) < 4.78 is 60.7. The van der Waals surface area contributed by atoms with Crippen LogP contribution in [0, 0.1) is 5.82 Å². The molecule has 1 aromatic rings. The molecule has 6 nitrogen and oxygen atoms in total. The minimum atomic E-state index is -4.54.